The highest BCUT2D eigenvalue weighted by Crippen LogP contribution is 2.12. The van der Waals surface area contributed by atoms with Crippen LogP contribution < -0.4 is 5.73 Å². The highest BCUT2D eigenvalue weighted by atomic mass is 32.1. The molecule has 14 heavy (non-hydrogen) atoms. The average Bonchev–Trinajstić information content (AvgIpc) is 2.52. The van der Waals surface area contributed by atoms with Crippen molar-refractivity contribution in [2.45, 2.75) is 6.54 Å². The molecule has 0 aliphatic carbocycles. The molecule has 1 aromatic heterocycles. The zero-order valence-corrected chi connectivity index (χ0v) is 8.57. The molecule has 0 spiro atoms. The van der Waals surface area contributed by atoms with E-state index in [1.807, 2.05) is 4.90 Å². The second kappa shape index (κ2) is 5.86. The predicted molar refractivity (Wildman–Crippen MR) is 53.8 cm³/mol. The molecule has 0 atom stereocenters. The molecule has 0 aromatic carbocycles. The highest BCUT2D eigenvalue weighted by molar-refractivity contribution is 7.15. The third-order valence-corrected chi connectivity index (χ3v) is 2.41. The third-order valence-electron chi connectivity index (χ3n) is 1.67. The van der Waals surface area contributed by atoms with Crippen LogP contribution in [0.2, 0.25) is 0 Å². The lowest BCUT2D eigenvalue weighted by Crippen LogP contribution is -2.29. The van der Waals surface area contributed by atoms with Gasteiger partial charge in [-0.3, -0.25) is 4.90 Å². The van der Waals surface area contributed by atoms with Crippen LogP contribution in [0.5, 0.6) is 0 Å². The Kier molecular flexibility index (Phi) is 4.74. The maximum atomic E-state index is 8.77. The lowest BCUT2D eigenvalue weighted by Gasteiger charge is -2.17. The van der Waals surface area contributed by atoms with Gasteiger partial charge in [0.05, 0.1) is 19.8 Å². The largest absolute Gasteiger partial charge is 0.395 e. The van der Waals surface area contributed by atoms with Gasteiger partial charge in [-0.1, -0.05) is 11.3 Å². The van der Waals surface area contributed by atoms with E-state index in [1.165, 1.54) is 11.3 Å². The fraction of sp³-hybridized carbons (Fsp3) is 0.714. The molecule has 1 rings (SSSR count). The van der Waals surface area contributed by atoms with Gasteiger partial charge >= 0.3 is 0 Å². The molecule has 7 heteroatoms. The van der Waals surface area contributed by atoms with E-state index in [4.69, 9.17) is 15.9 Å². The second-order valence-corrected chi connectivity index (χ2v) is 3.85. The van der Waals surface area contributed by atoms with Crippen molar-refractivity contribution in [3.63, 3.8) is 0 Å². The van der Waals surface area contributed by atoms with Gasteiger partial charge in [-0.05, 0) is 0 Å². The van der Waals surface area contributed by atoms with Crippen LogP contribution in [0.4, 0.5) is 5.13 Å². The van der Waals surface area contributed by atoms with Gasteiger partial charge in [0.1, 0.15) is 5.01 Å². The molecule has 0 saturated heterocycles. The average molecular weight is 218 g/mol. The Hall–Kier alpha value is -0.760. The number of anilines is 1. The Morgan fingerprint density at radius 1 is 1.21 bits per heavy atom. The van der Waals surface area contributed by atoms with Crippen molar-refractivity contribution in [2.75, 3.05) is 32.0 Å². The maximum Gasteiger partial charge on any atom is 0.203 e. The summed E-state index contributed by atoms with van der Waals surface area (Å²) in [5, 5.41) is 26.3. The van der Waals surface area contributed by atoms with E-state index in [9.17, 15) is 0 Å². The van der Waals surface area contributed by atoms with E-state index >= 15 is 0 Å². The van der Waals surface area contributed by atoms with E-state index in [2.05, 4.69) is 10.2 Å². The third kappa shape index (κ3) is 3.54. The van der Waals surface area contributed by atoms with Crippen LogP contribution >= 0.6 is 11.3 Å². The van der Waals surface area contributed by atoms with Crippen LogP contribution in [-0.4, -0.2) is 51.6 Å². The quantitative estimate of drug-likeness (QED) is 0.561. The Morgan fingerprint density at radius 3 is 2.29 bits per heavy atom. The molecule has 0 bridgehead atoms. The molecule has 0 unspecified atom stereocenters. The number of nitrogens with two attached hydrogens (primary N) is 1. The number of nitrogens with zero attached hydrogens (tertiary/aromatic N) is 3. The highest BCUT2D eigenvalue weighted by Gasteiger charge is 2.08. The number of hydrogen-bond donors (Lipinski definition) is 3. The van der Waals surface area contributed by atoms with Gasteiger partial charge in [-0.15, -0.1) is 10.2 Å². The van der Waals surface area contributed by atoms with Crippen molar-refractivity contribution >= 4 is 16.5 Å². The van der Waals surface area contributed by atoms with Gasteiger partial charge in [0, 0.05) is 13.1 Å². The molecule has 0 saturated carbocycles. The van der Waals surface area contributed by atoms with E-state index in [0.717, 1.165) is 5.01 Å². The summed E-state index contributed by atoms with van der Waals surface area (Å²) in [7, 11) is 0. The molecule has 1 heterocycles. The van der Waals surface area contributed by atoms with E-state index in [0.29, 0.717) is 24.8 Å². The number of aliphatic hydroxyl groups excluding tert-OH is 2. The van der Waals surface area contributed by atoms with E-state index in [1.54, 1.807) is 0 Å². The fourth-order valence-electron chi connectivity index (χ4n) is 1.07. The number of rotatable bonds is 6. The SMILES string of the molecule is Nc1nnc(CN(CCO)CCO)s1. The van der Waals surface area contributed by atoms with Crippen LogP contribution in [0.3, 0.4) is 0 Å². The Bertz CT molecular complexity index is 262. The van der Waals surface area contributed by atoms with Crippen molar-refractivity contribution < 1.29 is 10.2 Å². The van der Waals surface area contributed by atoms with Crippen LogP contribution in [0, 0.1) is 0 Å². The van der Waals surface area contributed by atoms with Crippen LogP contribution in [-0.2, 0) is 6.54 Å². The standard InChI is InChI=1S/C7H14N4O2S/c8-7-10-9-6(14-7)5-11(1-3-12)2-4-13/h12-13H,1-5H2,(H2,8,10). The minimum atomic E-state index is 0.0638. The number of aromatic nitrogens is 2. The minimum Gasteiger partial charge on any atom is -0.395 e. The summed E-state index contributed by atoms with van der Waals surface area (Å²) in [5.74, 6) is 0. The van der Waals surface area contributed by atoms with Crippen molar-refractivity contribution in [3.8, 4) is 0 Å². The van der Waals surface area contributed by atoms with Crippen molar-refractivity contribution in [1.29, 1.82) is 0 Å². The van der Waals surface area contributed by atoms with Crippen molar-refractivity contribution in [3.05, 3.63) is 5.01 Å². The molecule has 0 aliphatic rings. The Balaban J connectivity index is 2.46. The van der Waals surface area contributed by atoms with Crippen molar-refractivity contribution in [1.82, 2.24) is 15.1 Å². The number of hydrogen-bond acceptors (Lipinski definition) is 7. The summed E-state index contributed by atoms with van der Waals surface area (Å²) in [6.45, 7) is 1.72. The zero-order valence-electron chi connectivity index (χ0n) is 7.76. The van der Waals surface area contributed by atoms with Gasteiger partial charge in [0.2, 0.25) is 5.13 Å². The molecule has 0 aliphatic heterocycles. The van der Waals surface area contributed by atoms with Gasteiger partial charge in [-0.2, -0.15) is 0 Å². The van der Waals surface area contributed by atoms with Gasteiger partial charge in [0.25, 0.3) is 0 Å². The molecule has 0 amide bonds. The molecule has 6 nitrogen and oxygen atoms in total. The molecular weight excluding hydrogens is 204 g/mol. The first-order valence-corrected chi connectivity index (χ1v) is 5.10. The molecular formula is C7H14N4O2S. The number of aliphatic hydroxyl groups is 2. The van der Waals surface area contributed by atoms with Crippen LogP contribution in [0.15, 0.2) is 0 Å². The van der Waals surface area contributed by atoms with Crippen LogP contribution in [0.1, 0.15) is 5.01 Å². The van der Waals surface area contributed by atoms with Crippen molar-refractivity contribution in [2.24, 2.45) is 0 Å². The Morgan fingerprint density at radius 2 is 1.86 bits per heavy atom. The molecule has 4 N–H and O–H groups in total. The van der Waals surface area contributed by atoms with Gasteiger partial charge in [-0.25, -0.2) is 0 Å². The van der Waals surface area contributed by atoms with E-state index < -0.39 is 0 Å². The van der Waals surface area contributed by atoms with Gasteiger partial charge in [0.15, 0.2) is 0 Å². The van der Waals surface area contributed by atoms with Crippen LogP contribution in [0.25, 0.3) is 0 Å². The first kappa shape index (κ1) is 11.3. The summed E-state index contributed by atoms with van der Waals surface area (Å²) in [5.41, 5.74) is 5.43. The first-order valence-electron chi connectivity index (χ1n) is 4.28. The normalized spacial score (nSPS) is 11.1. The predicted octanol–water partition coefficient (Wildman–Crippen LogP) is -1.09. The monoisotopic (exact) mass is 218 g/mol. The zero-order chi connectivity index (χ0) is 10.4. The second-order valence-electron chi connectivity index (χ2n) is 2.76. The topological polar surface area (TPSA) is 95.5 Å². The summed E-state index contributed by atoms with van der Waals surface area (Å²) in [6.07, 6.45) is 0. The maximum absolute atomic E-state index is 8.77. The summed E-state index contributed by atoms with van der Waals surface area (Å²) >= 11 is 1.32. The summed E-state index contributed by atoms with van der Waals surface area (Å²) in [4.78, 5) is 1.89. The molecule has 0 radical (unpaired) electrons. The molecule has 80 valence electrons. The summed E-state index contributed by atoms with van der Waals surface area (Å²) in [6, 6.07) is 0. The van der Waals surface area contributed by atoms with Gasteiger partial charge < -0.3 is 15.9 Å². The minimum absolute atomic E-state index is 0.0638. The number of nitrogen functional groups attached to an aromatic ring is 1. The summed E-state index contributed by atoms with van der Waals surface area (Å²) < 4.78 is 0. The molecule has 1 aromatic rings. The Labute approximate surface area is 86.0 Å². The fourth-order valence-corrected chi connectivity index (χ4v) is 1.73. The van der Waals surface area contributed by atoms with E-state index in [-0.39, 0.29) is 13.2 Å². The molecule has 0 fully saturated rings. The first-order chi connectivity index (χ1) is 6.76. The lowest BCUT2D eigenvalue weighted by atomic mass is 10.4. The smallest absolute Gasteiger partial charge is 0.203 e. The lowest BCUT2D eigenvalue weighted by molar-refractivity contribution is 0.155.